The van der Waals surface area contributed by atoms with Crippen molar-refractivity contribution in [1.29, 1.82) is 0 Å². The Morgan fingerprint density at radius 3 is 1.88 bits per heavy atom. The lowest BCUT2D eigenvalue weighted by molar-refractivity contribution is 0.103. The van der Waals surface area contributed by atoms with E-state index in [2.05, 4.69) is 91.4 Å². The van der Waals surface area contributed by atoms with Crippen LogP contribution < -0.4 is 9.80 Å². The molecular weight excluding hydrogens is 600 g/mol. The zero-order valence-corrected chi connectivity index (χ0v) is 29.1. The summed E-state index contributed by atoms with van der Waals surface area (Å²) in [6, 6.07) is 22.1. The Kier molecular flexibility index (Phi) is 12.6. The number of aromatic nitrogens is 2. The molecule has 9 heteroatoms. The van der Waals surface area contributed by atoms with Gasteiger partial charge in [-0.2, -0.15) is 0 Å². The van der Waals surface area contributed by atoms with Crippen molar-refractivity contribution in [3.8, 4) is 0 Å². The number of rotatable bonds is 17. The number of piperazine rings is 2. The zero-order valence-electron chi connectivity index (χ0n) is 29.1. The predicted molar refractivity (Wildman–Crippen MR) is 192 cm³/mol. The lowest BCUT2D eigenvalue weighted by atomic mass is 10.1. The number of ether oxygens (including phenoxy) is 1. The Balaban J connectivity index is 0.801. The summed E-state index contributed by atoms with van der Waals surface area (Å²) in [6.07, 6.45) is 7.29. The molecule has 258 valence electrons. The molecule has 0 unspecified atom stereocenters. The molecule has 2 aromatic heterocycles. The summed E-state index contributed by atoms with van der Waals surface area (Å²) in [7, 11) is 0. The van der Waals surface area contributed by atoms with E-state index in [1.807, 2.05) is 13.0 Å². The first-order chi connectivity index (χ1) is 23.6. The molecule has 2 aliphatic heterocycles. The van der Waals surface area contributed by atoms with Crippen molar-refractivity contribution >= 4 is 11.4 Å². The van der Waals surface area contributed by atoms with Gasteiger partial charge in [0.05, 0.1) is 24.6 Å². The summed E-state index contributed by atoms with van der Waals surface area (Å²) in [6.45, 7) is 16.4. The number of aryl methyl sites for hydroxylation is 5. The van der Waals surface area contributed by atoms with E-state index in [1.165, 1.54) is 48.3 Å². The Bertz CT molecular complexity index is 1480. The second-order valence-corrected chi connectivity index (χ2v) is 13.5. The molecule has 2 fully saturated rings. The molecule has 9 nitrogen and oxygen atoms in total. The van der Waals surface area contributed by atoms with Gasteiger partial charge in [-0.15, -0.1) is 0 Å². The highest BCUT2D eigenvalue weighted by Gasteiger charge is 2.18. The third-order valence-electron chi connectivity index (χ3n) is 9.85. The van der Waals surface area contributed by atoms with E-state index in [1.54, 1.807) is 0 Å². The first kappa shape index (κ1) is 34.2. The molecule has 6 rings (SSSR count). The van der Waals surface area contributed by atoms with Crippen LogP contribution in [-0.2, 0) is 30.4 Å². The smallest absolute Gasteiger partial charge is 0.137 e. The van der Waals surface area contributed by atoms with Gasteiger partial charge in [0.15, 0.2) is 0 Å². The van der Waals surface area contributed by atoms with Crippen molar-refractivity contribution in [3.05, 3.63) is 94.7 Å². The Morgan fingerprint density at radius 1 is 0.583 bits per heavy atom. The molecule has 0 amide bonds. The van der Waals surface area contributed by atoms with Crippen LogP contribution in [-0.4, -0.2) is 98.8 Å². The fraction of sp³-hybridized carbons (Fsp3) is 0.538. The van der Waals surface area contributed by atoms with Crippen LogP contribution in [0, 0.1) is 13.8 Å². The number of hydrogen-bond donors (Lipinski definition) is 0. The molecule has 0 bridgehead atoms. The average Bonchev–Trinajstić information content (AvgIpc) is 3.76. The number of unbranched alkanes of at least 4 members (excludes halogenated alkanes) is 2. The van der Waals surface area contributed by atoms with Gasteiger partial charge in [-0.3, -0.25) is 9.80 Å². The molecule has 2 aromatic carbocycles. The normalized spacial score (nSPS) is 16.2. The van der Waals surface area contributed by atoms with Crippen molar-refractivity contribution in [3.63, 3.8) is 0 Å². The minimum absolute atomic E-state index is 0.676. The number of benzene rings is 2. The summed E-state index contributed by atoms with van der Waals surface area (Å²) in [4.78, 5) is 10.1. The largest absolute Gasteiger partial charge is 0.380 e. The van der Waals surface area contributed by atoms with E-state index in [9.17, 15) is 0 Å². The van der Waals surface area contributed by atoms with Crippen molar-refractivity contribution < 1.29 is 13.8 Å². The number of nitrogens with zero attached hydrogens (tertiary/aromatic N) is 6. The highest BCUT2D eigenvalue weighted by Crippen LogP contribution is 2.20. The fourth-order valence-electron chi connectivity index (χ4n) is 6.77. The van der Waals surface area contributed by atoms with Gasteiger partial charge in [-0.05, 0) is 75.9 Å². The minimum Gasteiger partial charge on any atom is -0.380 e. The highest BCUT2D eigenvalue weighted by atomic mass is 16.5. The summed E-state index contributed by atoms with van der Waals surface area (Å²) in [5.41, 5.74) is 7.36. The van der Waals surface area contributed by atoms with E-state index in [0.717, 1.165) is 114 Å². The lowest BCUT2D eigenvalue weighted by Gasteiger charge is -2.36. The minimum atomic E-state index is 0.676. The lowest BCUT2D eigenvalue weighted by Crippen LogP contribution is -2.47. The standard InChI is InChI=1S/C39H54N6O3/c1-32-7-12-37(13-8-32)44-25-21-43(22-26-44)27-29-46-28-17-36-31-39(48-41-36)16-11-34-9-14-38(15-10-34)45-23-19-42(20-24-45)18-5-3-4-6-35-30-33(2)47-40-35/h7-10,12-15,30-31H,3-6,11,16-29H2,1-2H3. The highest BCUT2D eigenvalue weighted by molar-refractivity contribution is 5.49. The van der Waals surface area contributed by atoms with Crippen LogP contribution in [0.25, 0.3) is 0 Å². The summed E-state index contributed by atoms with van der Waals surface area (Å²) in [5, 5.41) is 8.39. The third kappa shape index (κ3) is 10.4. The molecule has 2 saturated heterocycles. The Hall–Kier alpha value is -3.66. The van der Waals surface area contributed by atoms with Crippen LogP contribution in [0.2, 0.25) is 0 Å². The van der Waals surface area contributed by atoms with Crippen molar-refractivity contribution in [1.82, 2.24) is 20.1 Å². The van der Waals surface area contributed by atoms with Gasteiger partial charge in [0, 0.05) is 95.3 Å². The summed E-state index contributed by atoms with van der Waals surface area (Å²) < 4.78 is 16.8. The van der Waals surface area contributed by atoms with Crippen LogP contribution in [0.3, 0.4) is 0 Å². The quantitative estimate of drug-likeness (QED) is 0.128. The van der Waals surface area contributed by atoms with Gasteiger partial charge < -0.3 is 23.6 Å². The molecule has 4 heterocycles. The molecule has 48 heavy (non-hydrogen) atoms. The van der Waals surface area contributed by atoms with E-state index < -0.39 is 0 Å². The van der Waals surface area contributed by atoms with Crippen LogP contribution in [0.4, 0.5) is 11.4 Å². The van der Waals surface area contributed by atoms with Gasteiger partial charge in [0.25, 0.3) is 0 Å². The molecule has 0 saturated carbocycles. The molecule has 2 aliphatic rings. The van der Waals surface area contributed by atoms with Gasteiger partial charge >= 0.3 is 0 Å². The van der Waals surface area contributed by atoms with Crippen molar-refractivity contribution in [2.45, 2.75) is 58.8 Å². The van der Waals surface area contributed by atoms with Gasteiger partial charge in [0.2, 0.25) is 0 Å². The molecule has 0 aliphatic carbocycles. The van der Waals surface area contributed by atoms with Gasteiger partial charge in [-0.1, -0.05) is 46.6 Å². The van der Waals surface area contributed by atoms with Crippen LogP contribution >= 0.6 is 0 Å². The van der Waals surface area contributed by atoms with E-state index in [0.29, 0.717) is 6.61 Å². The third-order valence-corrected chi connectivity index (χ3v) is 9.85. The fourth-order valence-corrected chi connectivity index (χ4v) is 6.77. The Labute approximate surface area is 286 Å². The number of anilines is 2. The summed E-state index contributed by atoms with van der Waals surface area (Å²) >= 11 is 0. The van der Waals surface area contributed by atoms with Crippen LogP contribution in [0.1, 0.15) is 53.3 Å². The average molecular weight is 655 g/mol. The van der Waals surface area contributed by atoms with Crippen LogP contribution in [0.15, 0.2) is 69.7 Å². The molecule has 4 aromatic rings. The Morgan fingerprint density at radius 2 is 1.21 bits per heavy atom. The topological polar surface area (TPSA) is 74.2 Å². The maximum Gasteiger partial charge on any atom is 0.137 e. The van der Waals surface area contributed by atoms with Crippen molar-refractivity contribution in [2.75, 3.05) is 88.5 Å². The van der Waals surface area contributed by atoms with Gasteiger partial charge in [0.1, 0.15) is 11.5 Å². The molecule has 0 N–H and O–H groups in total. The maximum absolute atomic E-state index is 5.96. The van der Waals surface area contributed by atoms with Crippen LogP contribution in [0.5, 0.6) is 0 Å². The monoisotopic (exact) mass is 654 g/mol. The first-order valence-electron chi connectivity index (χ1n) is 18.1. The van der Waals surface area contributed by atoms with Crippen molar-refractivity contribution in [2.24, 2.45) is 0 Å². The molecule has 0 radical (unpaired) electrons. The van der Waals surface area contributed by atoms with E-state index in [-0.39, 0.29) is 0 Å². The SMILES string of the molecule is Cc1ccc(N2CCN(CCOCCc3cc(CCc4ccc(N5CCN(CCCCCc6cc(C)on6)CC5)cc4)on3)CC2)cc1. The number of hydrogen-bond acceptors (Lipinski definition) is 9. The zero-order chi connectivity index (χ0) is 33.0. The second-order valence-electron chi connectivity index (χ2n) is 13.5. The summed E-state index contributed by atoms with van der Waals surface area (Å²) in [5.74, 6) is 1.85. The van der Waals surface area contributed by atoms with E-state index in [4.69, 9.17) is 13.8 Å². The molecule has 0 atom stereocenters. The van der Waals surface area contributed by atoms with E-state index >= 15 is 0 Å². The predicted octanol–water partition coefficient (Wildman–Crippen LogP) is 5.98. The molecule has 0 spiro atoms. The maximum atomic E-state index is 5.96. The second kappa shape index (κ2) is 17.7. The molecular formula is C39H54N6O3. The van der Waals surface area contributed by atoms with Gasteiger partial charge in [-0.25, -0.2) is 0 Å². The first-order valence-corrected chi connectivity index (χ1v) is 18.1.